The Morgan fingerprint density at radius 2 is 1.64 bits per heavy atom. The standard InChI is InChI=1S/C19H24N2O3S/c1-13(2)21(5)25(23,24)17-10-8-16(9-11-17)19(22)20-18-12-14(3)6-7-15(18)4/h6-13H,1-5H3,(H,20,22). The normalized spacial score (nSPS) is 11.8. The summed E-state index contributed by atoms with van der Waals surface area (Å²) in [5.74, 6) is -0.269. The van der Waals surface area contributed by atoms with Gasteiger partial charge in [-0.25, -0.2) is 8.42 Å². The molecule has 25 heavy (non-hydrogen) atoms. The Bertz CT molecular complexity index is 872. The minimum atomic E-state index is -3.55. The fourth-order valence-corrected chi connectivity index (χ4v) is 3.65. The predicted molar refractivity (Wildman–Crippen MR) is 100 cm³/mol. The van der Waals surface area contributed by atoms with Crippen LogP contribution in [0.5, 0.6) is 0 Å². The summed E-state index contributed by atoms with van der Waals surface area (Å²) >= 11 is 0. The summed E-state index contributed by atoms with van der Waals surface area (Å²) in [6, 6.07) is 11.7. The van der Waals surface area contributed by atoms with Gasteiger partial charge in [0.1, 0.15) is 0 Å². The summed E-state index contributed by atoms with van der Waals surface area (Å²) in [4.78, 5) is 12.6. The van der Waals surface area contributed by atoms with Gasteiger partial charge in [-0.15, -0.1) is 0 Å². The van der Waals surface area contributed by atoms with Crippen LogP contribution in [0.1, 0.15) is 35.3 Å². The molecule has 0 aliphatic carbocycles. The predicted octanol–water partition coefficient (Wildman–Crippen LogP) is 3.58. The minimum absolute atomic E-state index is 0.141. The van der Waals surface area contributed by atoms with Crippen molar-refractivity contribution in [3.05, 3.63) is 59.2 Å². The highest BCUT2D eigenvalue weighted by Crippen LogP contribution is 2.20. The lowest BCUT2D eigenvalue weighted by molar-refractivity contribution is 0.102. The second kappa shape index (κ2) is 7.37. The molecule has 134 valence electrons. The van der Waals surface area contributed by atoms with Crippen LogP contribution in [0.4, 0.5) is 5.69 Å². The monoisotopic (exact) mass is 360 g/mol. The number of amides is 1. The van der Waals surface area contributed by atoms with Crippen molar-refractivity contribution in [2.45, 2.75) is 38.6 Å². The van der Waals surface area contributed by atoms with E-state index >= 15 is 0 Å². The van der Waals surface area contributed by atoms with Gasteiger partial charge in [-0.2, -0.15) is 4.31 Å². The van der Waals surface area contributed by atoms with E-state index in [9.17, 15) is 13.2 Å². The SMILES string of the molecule is Cc1ccc(C)c(NC(=O)c2ccc(S(=O)(=O)N(C)C(C)C)cc2)c1. The zero-order valence-electron chi connectivity index (χ0n) is 15.2. The van der Waals surface area contributed by atoms with Crippen molar-refractivity contribution in [2.24, 2.45) is 0 Å². The Morgan fingerprint density at radius 3 is 2.20 bits per heavy atom. The van der Waals surface area contributed by atoms with E-state index in [1.165, 1.54) is 28.6 Å². The van der Waals surface area contributed by atoms with Crippen LogP contribution in [0.3, 0.4) is 0 Å². The molecule has 0 fully saturated rings. The van der Waals surface area contributed by atoms with Crippen LogP contribution in [0.2, 0.25) is 0 Å². The van der Waals surface area contributed by atoms with E-state index in [1.807, 2.05) is 45.9 Å². The topological polar surface area (TPSA) is 66.5 Å². The minimum Gasteiger partial charge on any atom is -0.322 e. The molecule has 1 amide bonds. The van der Waals surface area contributed by atoms with E-state index in [0.717, 1.165) is 16.8 Å². The van der Waals surface area contributed by atoms with Crippen LogP contribution in [-0.4, -0.2) is 31.7 Å². The summed E-state index contributed by atoms with van der Waals surface area (Å²) in [5, 5.41) is 2.87. The smallest absolute Gasteiger partial charge is 0.255 e. The first kappa shape index (κ1) is 19.1. The largest absolute Gasteiger partial charge is 0.322 e. The summed E-state index contributed by atoms with van der Waals surface area (Å²) in [6.07, 6.45) is 0. The van der Waals surface area contributed by atoms with Gasteiger partial charge in [-0.05, 0) is 69.2 Å². The number of carbonyl (C=O) groups is 1. The first-order chi connectivity index (χ1) is 11.6. The highest BCUT2D eigenvalue weighted by molar-refractivity contribution is 7.89. The van der Waals surface area contributed by atoms with Crippen LogP contribution in [-0.2, 0) is 10.0 Å². The van der Waals surface area contributed by atoms with Gasteiger partial charge in [0, 0.05) is 24.3 Å². The zero-order valence-corrected chi connectivity index (χ0v) is 16.0. The number of carbonyl (C=O) groups excluding carboxylic acids is 1. The first-order valence-electron chi connectivity index (χ1n) is 8.09. The number of hydrogen-bond acceptors (Lipinski definition) is 3. The molecule has 0 aromatic heterocycles. The van der Waals surface area contributed by atoms with Crippen LogP contribution in [0, 0.1) is 13.8 Å². The Morgan fingerprint density at radius 1 is 1.04 bits per heavy atom. The van der Waals surface area contributed by atoms with E-state index in [0.29, 0.717) is 5.56 Å². The maximum absolute atomic E-state index is 12.5. The van der Waals surface area contributed by atoms with Gasteiger partial charge in [-0.1, -0.05) is 12.1 Å². The van der Waals surface area contributed by atoms with Gasteiger partial charge in [0.25, 0.3) is 5.91 Å². The molecule has 0 bridgehead atoms. The quantitative estimate of drug-likeness (QED) is 0.886. The molecular weight excluding hydrogens is 336 g/mol. The Labute approximate surface area is 149 Å². The van der Waals surface area contributed by atoms with Gasteiger partial charge in [0.05, 0.1) is 4.90 Å². The third kappa shape index (κ3) is 4.27. The fourth-order valence-electron chi connectivity index (χ4n) is 2.29. The highest BCUT2D eigenvalue weighted by Gasteiger charge is 2.23. The highest BCUT2D eigenvalue weighted by atomic mass is 32.2. The van der Waals surface area contributed by atoms with E-state index in [2.05, 4.69) is 5.32 Å². The van der Waals surface area contributed by atoms with Gasteiger partial charge < -0.3 is 5.32 Å². The molecular formula is C19H24N2O3S. The number of sulfonamides is 1. The average molecular weight is 360 g/mol. The molecule has 2 aromatic rings. The molecule has 0 radical (unpaired) electrons. The number of rotatable bonds is 5. The lowest BCUT2D eigenvalue weighted by Gasteiger charge is -2.21. The molecule has 0 spiro atoms. The summed E-state index contributed by atoms with van der Waals surface area (Å²) in [7, 11) is -2.01. The van der Waals surface area contributed by atoms with Crippen molar-refractivity contribution in [1.82, 2.24) is 4.31 Å². The van der Waals surface area contributed by atoms with Crippen molar-refractivity contribution >= 4 is 21.6 Å². The van der Waals surface area contributed by atoms with Gasteiger partial charge in [0.15, 0.2) is 0 Å². The summed E-state index contributed by atoms with van der Waals surface area (Å²) in [6.45, 7) is 7.50. The first-order valence-corrected chi connectivity index (χ1v) is 9.53. The Hall–Kier alpha value is -2.18. The molecule has 0 atom stereocenters. The molecule has 2 aromatic carbocycles. The maximum Gasteiger partial charge on any atom is 0.255 e. The molecule has 2 rings (SSSR count). The number of nitrogens with zero attached hydrogens (tertiary/aromatic N) is 1. The van der Waals surface area contributed by atoms with Crippen molar-refractivity contribution < 1.29 is 13.2 Å². The zero-order chi connectivity index (χ0) is 18.8. The van der Waals surface area contributed by atoms with E-state index < -0.39 is 10.0 Å². The van der Waals surface area contributed by atoms with Crippen LogP contribution in [0.15, 0.2) is 47.4 Å². The number of hydrogen-bond donors (Lipinski definition) is 1. The van der Waals surface area contributed by atoms with Crippen LogP contribution < -0.4 is 5.32 Å². The van der Waals surface area contributed by atoms with Crippen molar-refractivity contribution in [3.8, 4) is 0 Å². The van der Waals surface area contributed by atoms with Gasteiger partial charge in [-0.3, -0.25) is 4.79 Å². The van der Waals surface area contributed by atoms with Crippen molar-refractivity contribution in [3.63, 3.8) is 0 Å². The van der Waals surface area contributed by atoms with E-state index in [4.69, 9.17) is 0 Å². The Kier molecular flexibility index (Phi) is 5.65. The molecule has 0 heterocycles. The molecule has 1 N–H and O–H groups in total. The average Bonchev–Trinajstić information content (AvgIpc) is 2.57. The van der Waals surface area contributed by atoms with Crippen molar-refractivity contribution in [1.29, 1.82) is 0 Å². The third-order valence-electron chi connectivity index (χ3n) is 4.16. The molecule has 0 unspecified atom stereocenters. The summed E-state index contributed by atoms with van der Waals surface area (Å²) < 4.78 is 26.2. The second-order valence-electron chi connectivity index (χ2n) is 6.41. The van der Waals surface area contributed by atoms with E-state index in [-0.39, 0.29) is 16.8 Å². The molecule has 5 nitrogen and oxygen atoms in total. The molecule has 0 aliphatic rings. The molecule has 6 heteroatoms. The van der Waals surface area contributed by atoms with Crippen LogP contribution in [0.25, 0.3) is 0 Å². The molecule has 0 saturated carbocycles. The van der Waals surface area contributed by atoms with Crippen LogP contribution >= 0.6 is 0 Å². The number of benzene rings is 2. The van der Waals surface area contributed by atoms with Gasteiger partial charge in [0.2, 0.25) is 10.0 Å². The number of nitrogens with one attached hydrogen (secondary N) is 1. The Balaban J connectivity index is 2.22. The molecule has 0 aliphatic heterocycles. The van der Waals surface area contributed by atoms with Crippen molar-refractivity contribution in [2.75, 3.05) is 12.4 Å². The second-order valence-corrected chi connectivity index (χ2v) is 8.41. The maximum atomic E-state index is 12.5. The number of anilines is 1. The van der Waals surface area contributed by atoms with E-state index in [1.54, 1.807) is 7.05 Å². The molecule has 0 saturated heterocycles. The van der Waals surface area contributed by atoms with Gasteiger partial charge >= 0.3 is 0 Å². The summed E-state index contributed by atoms with van der Waals surface area (Å²) in [5.41, 5.74) is 3.18. The fraction of sp³-hybridized carbons (Fsp3) is 0.316. The third-order valence-corrected chi connectivity index (χ3v) is 6.21. The number of aryl methyl sites for hydroxylation is 2. The lowest BCUT2D eigenvalue weighted by Crippen LogP contribution is -2.33. The lowest BCUT2D eigenvalue weighted by atomic mass is 10.1.